The molecule has 2 heteroatoms. The zero-order valence-corrected chi connectivity index (χ0v) is 12.9. The highest BCUT2D eigenvalue weighted by Gasteiger charge is 2.17. The molecule has 108 valence electrons. The maximum Gasteiger partial charge on any atom is 0.0494 e. The van der Waals surface area contributed by atoms with Gasteiger partial charge in [0.25, 0.3) is 0 Å². The van der Waals surface area contributed by atoms with Crippen molar-refractivity contribution in [1.82, 2.24) is 5.32 Å². The van der Waals surface area contributed by atoms with Crippen molar-refractivity contribution in [2.45, 2.75) is 53.0 Å². The van der Waals surface area contributed by atoms with Gasteiger partial charge in [-0.2, -0.15) is 0 Å². The molecule has 0 aliphatic carbocycles. The van der Waals surface area contributed by atoms with Crippen LogP contribution < -0.4 is 5.32 Å². The molecular weight excluding hydrogens is 234 g/mol. The molecule has 1 aromatic carbocycles. The molecule has 2 nitrogen and oxygen atoms in total. The van der Waals surface area contributed by atoms with E-state index in [1.54, 1.807) is 0 Å². The Kier molecular flexibility index (Phi) is 6.53. The lowest BCUT2D eigenvalue weighted by molar-refractivity contribution is 0.154. The van der Waals surface area contributed by atoms with Gasteiger partial charge >= 0.3 is 0 Å². The van der Waals surface area contributed by atoms with Gasteiger partial charge in [-0.15, -0.1) is 0 Å². The fraction of sp³-hybridized carbons (Fsp3) is 0.647. The molecular formula is C17H29NO. The second kappa shape index (κ2) is 7.66. The first-order valence-electron chi connectivity index (χ1n) is 7.41. The Morgan fingerprint density at radius 2 is 1.84 bits per heavy atom. The Morgan fingerprint density at radius 3 is 2.37 bits per heavy atom. The topological polar surface area (TPSA) is 32.3 Å². The molecule has 0 aromatic heterocycles. The third-order valence-electron chi connectivity index (χ3n) is 3.61. The molecule has 0 spiro atoms. The van der Waals surface area contributed by atoms with Gasteiger partial charge in [0.05, 0.1) is 0 Å². The first-order chi connectivity index (χ1) is 8.98. The fourth-order valence-corrected chi connectivity index (χ4v) is 1.96. The van der Waals surface area contributed by atoms with E-state index in [-0.39, 0.29) is 12.0 Å². The van der Waals surface area contributed by atoms with Crippen molar-refractivity contribution < 1.29 is 5.11 Å². The highest BCUT2D eigenvalue weighted by molar-refractivity contribution is 5.24. The van der Waals surface area contributed by atoms with Crippen LogP contribution in [0.3, 0.4) is 0 Å². The average Bonchev–Trinajstić information content (AvgIpc) is 2.43. The van der Waals surface area contributed by atoms with Crippen LogP contribution in [-0.2, 0) is 6.42 Å². The highest BCUT2D eigenvalue weighted by Crippen LogP contribution is 2.18. The van der Waals surface area contributed by atoms with E-state index in [0.717, 1.165) is 6.54 Å². The molecule has 1 unspecified atom stereocenters. The van der Waals surface area contributed by atoms with Crippen molar-refractivity contribution in [1.29, 1.82) is 0 Å². The van der Waals surface area contributed by atoms with Gasteiger partial charge < -0.3 is 10.4 Å². The van der Waals surface area contributed by atoms with Crippen LogP contribution in [0, 0.1) is 5.41 Å². The number of aliphatic hydroxyl groups is 1. The molecule has 0 aliphatic heterocycles. The number of aryl methyl sites for hydroxylation is 1. The van der Waals surface area contributed by atoms with Gasteiger partial charge in [-0.1, -0.05) is 51.5 Å². The van der Waals surface area contributed by atoms with Gasteiger partial charge in [0.2, 0.25) is 0 Å². The summed E-state index contributed by atoms with van der Waals surface area (Å²) >= 11 is 0. The van der Waals surface area contributed by atoms with Crippen LogP contribution >= 0.6 is 0 Å². The van der Waals surface area contributed by atoms with E-state index < -0.39 is 0 Å². The molecule has 0 fully saturated rings. The summed E-state index contributed by atoms with van der Waals surface area (Å²) in [5.41, 5.74) is 2.68. The molecule has 19 heavy (non-hydrogen) atoms. The van der Waals surface area contributed by atoms with E-state index >= 15 is 0 Å². The highest BCUT2D eigenvalue weighted by atomic mass is 16.3. The Labute approximate surface area is 118 Å². The van der Waals surface area contributed by atoms with E-state index in [9.17, 15) is 5.11 Å². The molecule has 0 heterocycles. The lowest BCUT2D eigenvalue weighted by atomic mass is 9.94. The minimum absolute atomic E-state index is 0.0602. The van der Waals surface area contributed by atoms with Gasteiger partial charge in [0.15, 0.2) is 0 Å². The Balaban J connectivity index is 2.50. The maximum absolute atomic E-state index is 9.26. The average molecular weight is 263 g/mol. The first-order valence-corrected chi connectivity index (χ1v) is 7.41. The summed E-state index contributed by atoms with van der Waals surface area (Å²) < 4.78 is 0. The van der Waals surface area contributed by atoms with Crippen LogP contribution in [0.25, 0.3) is 0 Å². The number of benzene rings is 1. The molecule has 0 saturated heterocycles. The first kappa shape index (κ1) is 16.2. The van der Waals surface area contributed by atoms with Crippen LogP contribution in [0.15, 0.2) is 24.3 Å². The van der Waals surface area contributed by atoms with Crippen molar-refractivity contribution in [2.75, 3.05) is 13.2 Å². The van der Waals surface area contributed by atoms with Crippen molar-refractivity contribution in [3.63, 3.8) is 0 Å². The Bertz CT molecular complexity index is 356. The maximum atomic E-state index is 9.26. The van der Waals surface area contributed by atoms with E-state index in [0.29, 0.717) is 6.04 Å². The van der Waals surface area contributed by atoms with E-state index in [4.69, 9.17) is 0 Å². The van der Waals surface area contributed by atoms with E-state index in [1.807, 2.05) is 0 Å². The SMILES string of the molecule is CCCCc1ccc(C(C)NCC(C)(C)CO)cc1. The number of rotatable bonds is 8. The number of aliphatic hydroxyl groups excluding tert-OH is 1. The number of hydrogen-bond acceptors (Lipinski definition) is 2. The van der Waals surface area contributed by atoms with Crippen LogP contribution in [-0.4, -0.2) is 18.3 Å². The molecule has 1 rings (SSSR count). The predicted molar refractivity (Wildman–Crippen MR) is 82.3 cm³/mol. The normalized spacial score (nSPS) is 13.5. The van der Waals surface area contributed by atoms with Crippen LogP contribution in [0.5, 0.6) is 0 Å². The molecule has 0 bridgehead atoms. The van der Waals surface area contributed by atoms with Gasteiger partial charge in [0, 0.05) is 24.6 Å². The Morgan fingerprint density at radius 1 is 1.21 bits per heavy atom. The molecule has 1 atom stereocenters. The summed E-state index contributed by atoms with van der Waals surface area (Å²) in [5, 5.41) is 12.7. The van der Waals surface area contributed by atoms with Crippen molar-refractivity contribution >= 4 is 0 Å². The fourth-order valence-electron chi connectivity index (χ4n) is 1.96. The number of nitrogens with one attached hydrogen (secondary N) is 1. The van der Waals surface area contributed by atoms with E-state index in [1.165, 1.54) is 30.4 Å². The van der Waals surface area contributed by atoms with Crippen LogP contribution in [0.4, 0.5) is 0 Å². The zero-order chi connectivity index (χ0) is 14.3. The van der Waals surface area contributed by atoms with Crippen molar-refractivity contribution in [2.24, 2.45) is 5.41 Å². The summed E-state index contributed by atoms with van der Waals surface area (Å²) in [5.74, 6) is 0. The summed E-state index contributed by atoms with van der Waals surface area (Å²) in [6.07, 6.45) is 3.68. The monoisotopic (exact) mass is 263 g/mol. The number of unbranched alkanes of at least 4 members (excludes halogenated alkanes) is 1. The second-order valence-corrected chi connectivity index (χ2v) is 6.27. The summed E-state index contributed by atoms with van der Waals surface area (Å²) in [4.78, 5) is 0. The van der Waals surface area contributed by atoms with Gasteiger partial charge in [-0.05, 0) is 30.9 Å². The lowest BCUT2D eigenvalue weighted by Crippen LogP contribution is -2.33. The molecule has 0 radical (unpaired) electrons. The van der Waals surface area contributed by atoms with Crippen LogP contribution in [0.2, 0.25) is 0 Å². The molecule has 0 amide bonds. The predicted octanol–water partition coefficient (Wildman–Crippen LogP) is 3.70. The van der Waals surface area contributed by atoms with Crippen molar-refractivity contribution in [3.05, 3.63) is 35.4 Å². The minimum Gasteiger partial charge on any atom is -0.396 e. The Hall–Kier alpha value is -0.860. The standard InChI is InChI=1S/C17H29NO/c1-5-6-7-15-8-10-16(11-9-15)14(2)18-12-17(3,4)13-19/h8-11,14,18-19H,5-7,12-13H2,1-4H3. The smallest absolute Gasteiger partial charge is 0.0494 e. The summed E-state index contributed by atoms with van der Waals surface area (Å²) in [6, 6.07) is 9.23. The largest absolute Gasteiger partial charge is 0.396 e. The molecule has 0 aliphatic rings. The minimum atomic E-state index is -0.0602. The summed E-state index contributed by atoms with van der Waals surface area (Å²) in [6.45, 7) is 9.57. The molecule has 0 saturated carbocycles. The third-order valence-corrected chi connectivity index (χ3v) is 3.61. The van der Waals surface area contributed by atoms with Gasteiger partial charge in [-0.3, -0.25) is 0 Å². The third kappa shape index (κ3) is 5.75. The quantitative estimate of drug-likeness (QED) is 0.749. The van der Waals surface area contributed by atoms with Gasteiger partial charge in [-0.25, -0.2) is 0 Å². The van der Waals surface area contributed by atoms with E-state index in [2.05, 4.69) is 57.3 Å². The molecule has 1 aromatic rings. The van der Waals surface area contributed by atoms with Crippen molar-refractivity contribution in [3.8, 4) is 0 Å². The number of hydrogen-bond donors (Lipinski definition) is 2. The molecule has 2 N–H and O–H groups in total. The zero-order valence-electron chi connectivity index (χ0n) is 12.9. The lowest BCUT2D eigenvalue weighted by Gasteiger charge is -2.25. The second-order valence-electron chi connectivity index (χ2n) is 6.27. The van der Waals surface area contributed by atoms with Crippen LogP contribution in [0.1, 0.15) is 57.7 Å². The summed E-state index contributed by atoms with van der Waals surface area (Å²) in [7, 11) is 0. The van der Waals surface area contributed by atoms with Gasteiger partial charge in [0.1, 0.15) is 0 Å².